The van der Waals surface area contributed by atoms with Crippen molar-refractivity contribution in [3.05, 3.63) is 72.9 Å². The van der Waals surface area contributed by atoms with Gasteiger partial charge in [0.1, 0.15) is 0 Å². The summed E-state index contributed by atoms with van der Waals surface area (Å²) in [6.07, 6.45) is 55.5. The van der Waals surface area contributed by atoms with Crippen LogP contribution >= 0.6 is 0 Å². The van der Waals surface area contributed by atoms with Gasteiger partial charge < -0.3 is 9.64 Å². The molecule has 0 spiro atoms. The van der Waals surface area contributed by atoms with Crippen molar-refractivity contribution >= 4 is 0 Å². The van der Waals surface area contributed by atoms with E-state index in [1.165, 1.54) is 96.3 Å². The maximum absolute atomic E-state index is 6.38. The van der Waals surface area contributed by atoms with Crippen LogP contribution < -0.4 is 0 Å². The summed E-state index contributed by atoms with van der Waals surface area (Å²) in [7, 11) is 4.31. The molecule has 0 amide bonds. The van der Waals surface area contributed by atoms with Crippen LogP contribution in [0.4, 0.5) is 0 Å². The Kier molecular flexibility index (Phi) is 35.2. The zero-order chi connectivity index (χ0) is 31.3. The maximum atomic E-state index is 6.38. The highest BCUT2D eigenvalue weighted by atomic mass is 16.5. The first-order chi connectivity index (χ1) is 21.2. The topological polar surface area (TPSA) is 12.5 Å². The van der Waals surface area contributed by atoms with Crippen LogP contribution in [0.1, 0.15) is 155 Å². The summed E-state index contributed by atoms with van der Waals surface area (Å²) in [5, 5.41) is 0. The first-order valence-corrected chi connectivity index (χ1v) is 18.4. The molecule has 0 fully saturated rings. The largest absolute Gasteiger partial charge is 0.378 e. The van der Waals surface area contributed by atoms with Crippen molar-refractivity contribution in [3.8, 4) is 0 Å². The van der Waals surface area contributed by atoms with E-state index >= 15 is 0 Å². The van der Waals surface area contributed by atoms with E-state index in [9.17, 15) is 0 Å². The van der Waals surface area contributed by atoms with Gasteiger partial charge in [-0.2, -0.15) is 0 Å². The van der Waals surface area contributed by atoms with Crippen LogP contribution in [0, 0.1) is 0 Å². The van der Waals surface area contributed by atoms with Crippen molar-refractivity contribution in [2.24, 2.45) is 0 Å². The zero-order valence-corrected chi connectivity index (χ0v) is 29.3. The van der Waals surface area contributed by atoms with E-state index in [-0.39, 0.29) is 0 Å². The van der Waals surface area contributed by atoms with Crippen molar-refractivity contribution in [3.63, 3.8) is 0 Å². The average Bonchev–Trinajstić information content (AvgIpc) is 3.00. The molecule has 0 saturated carbocycles. The third kappa shape index (κ3) is 36.5. The molecule has 0 aliphatic heterocycles. The fourth-order valence-electron chi connectivity index (χ4n) is 5.10. The highest BCUT2D eigenvalue weighted by molar-refractivity contribution is 4.98. The van der Waals surface area contributed by atoms with Crippen LogP contribution in [0.25, 0.3) is 0 Å². The van der Waals surface area contributed by atoms with Gasteiger partial charge in [-0.25, -0.2) is 0 Å². The Hall–Kier alpha value is -1.64. The van der Waals surface area contributed by atoms with E-state index in [1.54, 1.807) is 0 Å². The number of ether oxygens (including phenoxy) is 1. The number of hydrogen-bond donors (Lipinski definition) is 0. The molecular weight excluding hydrogens is 522 g/mol. The van der Waals surface area contributed by atoms with Gasteiger partial charge in [0.2, 0.25) is 0 Å². The molecule has 0 radical (unpaired) electrons. The molecule has 0 aromatic rings. The fraction of sp³-hybridized carbons (Fsp3) is 0.707. The predicted molar refractivity (Wildman–Crippen MR) is 196 cm³/mol. The van der Waals surface area contributed by atoms with E-state index in [1.807, 2.05) is 0 Å². The summed E-state index contributed by atoms with van der Waals surface area (Å²) in [5.74, 6) is 0. The van der Waals surface area contributed by atoms with E-state index < -0.39 is 0 Å². The highest BCUT2D eigenvalue weighted by Gasteiger charge is 2.09. The molecule has 248 valence electrons. The van der Waals surface area contributed by atoms with Crippen molar-refractivity contribution in [2.75, 3.05) is 27.2 Å². The number of rotatable bonds is 32. The van der Waals surface area contributed by atoms with Gasteiger partial charge in [-0.15, -0.1) is 0 Å². The van der Waals surface area contributed by atoms with Gasteiger partial charge in [0, 0.05) is 6.61 Å². The lowest BCUT2D eigenvalue weighted by molar-refractivity contribution is 0.0342. The van der Waals surface area contributed by atoms with Crippen molar-refractivity contribution in [1.82, 2.24) is 4.90 Å². The minimum Gasteiger partial charge on any atom is -0.378 e. The molecule has 1 unspecified atom stereocenters. The Morgan fingerprint density at radius 2 is 0.814 bits per heavy atom. The first-order valence-electron chi connectivity index (χ1n) is 18.4. The van der Waals surface area contributed by atoms with Gasteiger partial charge in [0.15, 0.2) is 0 Å². The smallest absolute Gasteiger partial charge is 0.0575 e. The highest BCUT2D eigenvalue weighted by Crippen LogP contribution is 2.17. The summed E-state index contributed by atoms with van der Waals surface area (Å²) in [6.45, 7) is 6.40. The first kappa shape index (κ1) is 41.4. The molecule has 0 bridgehead atoms. The summed E-state index contributed by atoms with van der Waals surface area (Å²) >= 11 is 0. The quantitative estimate of drug-likeness (QED) is 0.0566. The molecule has 2 nitrogen and oxygen atoms in total. The van der Waals surface area contributed by atoms with Crippen molar-refractivity contribution < 1.29 is 4.74 Å². The molecule has 1 atom stereocenters. The molecule has 0 aliphatic carbocycles. The lowest BCUT2D eigenvalue weighted by Gasteiger charge is -2.19. The molecule has 43 heavy (non-hydrogen) atoms. The monoisotopic (exact) mass is 596 g/mol. The van der Waals surface area contributed by atoms with Gasteiger partial charge in [0.25, 0.3) is 0 Å². The molecule has 0 aliphatic rings. The van der Waals surface area contributed by atoms with Crippen LogP contribution in [0.3, 0.4) is 0 Å². The number of hydrogen-bond acceptors (Lipinski definition) is 2. The minimum atomic E-state index is 0.470. The SMILES string of the molecule is CC/C=C/C/C=C/C/C=C/CCCCCCCCC(CCCCCCC/C=C/C/C=C/C/C=C/CC)OCCCN(C)C. The molecule has 0 saturated heterocycles. The second-order valence-corrected chi connectivity index (χ2v) is 12.3. The van der Waals surface area contributed by atoms with Gasteiger partial charge in [-0.1, -0.05) is 145 Å². The van der Waals surface area contributed by atoms with Gasteiger partial charge in [-0.05, 0) is 104 Å². The van der Waals surface area contributed by atoms with Crippen molar-refractivity contribution in [2.45, 2.75) is 161 Å². The van der Waals surface area contributed by atoms with Crippen LogP contribution in [0.5, 0.6) is 0 Å². The van der Waals surface area contributed by atoms with E-state index in [4.69, 9.17) is 4.74 Å². The summed E-state index contributed by atoms with van der Waals surface area (Å²) in [6, 6.07) is 0. The van der Waals surface area contributed by atoms with Crippen LogP contribution in [-0.4, -0.2) is 38.3 Å². The van der Waals surface area contributed by atoms with Crippen molar-refractivity contribution in [1.29, 1.82) is 0 Å². The predicted octanol–water partition coefficient (Wildman–Crippen LogP) is 12.9. The average molecular weight is 596 g/mol. The Bertz CT molecular complexity index is 711. The molecule has 0 aromatic carbocycles. The molecule has 0 rings (SSSR count). The van der Waals surface area contributed by atoms with E-state index in [0.717, 1.165) is 58.1 Å². The van der Waals surface area contributed by atoms with Crippen LogP contribution in [-0.2, 0) is 4.74 Å². The van der Waals surface area contributed by atoms with Crippen LogP contribution in [0.2, 0.25) is 0 Å². The minimum absolute atomic E-state index is 0.470. The van der Waals surface area contributed by atoms with E-state index in [2.05, 4.69) is 106 Å². The fourth-order valence-corrected chi connectivity index (χ4v) is 5.10. The Labute approximate surface area is 270 Å². The molecule has 0 heterocycles. The maximum Gasteiger partial charge on any atom is 0.0575 e. The molecule has 0 aromatic heterocycles. The number of unbranched alkanes of at least 4 members (excludes halogenated alkanes) is 11. The number of nitrogens with zero attached hydrogens (tertiary/aromatic N) is 1. The normalized spacial score (nSPS) is 13.6. The third-order valence-electron chi connectivity index (χ3n) is 7.71. The summed E-state index contributed by atoms with van der Waals surface area (Å²) < 4.78 is 6.38. The molecule has 2 heteroatoms. The summed E-state index contributed by atoms with van der Waals surface area (Å²) in [4.78, 5) is 2.26. The Morgan fingerprint density at radius 3 is 1.23 bits per heavy atom. The lowest BCUT2D eigenvalue weighted by atomic mass is 10.0. The van der Waals surface area contributed by atoms with E-state index in [0.29, 0.717) is 6.10 Å². The standard InChI is InChI=1S/C41H73NO/c1-5-7-9-11-13-15-17-19-21-23-25-27-29-31-33-35-38-41(43-40-36-39-42(3)4)37-34-32-30-28-26-24-22-20-18-16-14-12-10-8-6-2/h7-10,13-16,19-22,41H,5-6,11-12,17-18,23-40H2,1-4H3/b9-7+,10-8+,15-13+,16-14+,21-19+,22-20+. The van der Waals surface area contributed by atoms with Gasteiger partial charge >= 0.3 is 0 Å². The molecular formula is C41H73NO. The van der Waals surface area contributed by atoms with Gasteiger partial charge in [-0.3, -0.25) is 0 Å². The Morgan fingerprint density at radius 1 is 0.442 bits per heavy atom. The molecule has 0 N–H and O–H groups in total. The second kappa shape index (κ2) is 36.6. The second-order valence-electron chi connectivity index (χ2n) is 12.3. The van der Waals surface area contributed by atoms with Crippen LogP contribution in [0.15, 0.2) is 72.9 Å². The number of allylic oxidation sites excluding steroid dienone is 12. The third-order valence-corrected chi connectivity index (χ3v) is 7.71. The summed E-state index contributed by atoms with van der Waals surface area (Å²) in [5.41, 5.74) is 0. The Balaban J connectivity index is 3.88. The van der Waals surface area contributed by atoms with Gasteiger partial charge in [0.05, 0.1) is 6.10 Å². The lowest BCUT2D eigenvalue weighted by Crippen LogP contribution is -2.18. The zero-order valence-electron chi connectivity index (χ0n) is 29.3.